The molecule has 3 rings (SSSR count). The van der Waals surface area contributed by atoms with Crippen LogP contribution in [0.4, 0.5) is 0 Å². The molecule has 0 aliphatic heterocycles. The van der Waals surface area contributed by atoms with Crippen molar-refractivity contribution in [3.05, 3.63) is 94.8 Å². The summed E-state index contributed by atoms with van der Waals surface area (Å²) in [7, 11) is 0. The molecular formula is C22H23NO2. The highest BCUT2D eigenvalue weighted by Crippen LogP contribution is 2.19. The van der Waals surface area contributed by atoms with Crippen molar-refractivity contribution in [1.82, 2.24) is 4.57 Å². The average molecular weight is 333 g/mol. The zero-order valence-electron chi connectivity index (χ0n) is 14.7. The summed E-state index contributed by atoms with van der Waals surface area (Å²) in [6.07, 6.45) is 0. The number of ketones is 1. The van der Waals surface area contributed by atoms with Crippen LogP contribution in [0.25, 0.3) is 0 Å². The zero-order chi connectivity index (χ0) is 17.6. The van der Waals surface area contributed by atoms with Gasteiger partial charge in [0.15, 0.2) is 5.78 Å². The van der Waals surface area contributed by atoms with Gasteiger partial charge in [-0.05, 0) is 25.5 Å². The maximum atomic E-state index is 12.7. The van der Waals surface area contributed by atoms with Crippen molar-refractivity contribution < 1.29 is 9.53 Å². The maximum Gasteiger partial charge on any atom is 0.194 e. The van der Waals surface area contributed by atoms with Crippen LogP contribution in [0.2, 0.25) is 0 Å². The molecule has 0 saturated carbocycles. The smallest absolute Gasteiger partial charge is 0.194 e. The standard InChI is InChI=1S/C22H23NO2/c1-17-15-21(22(24)20-11-7-4-8-12-20)18(2)23(17)13-14-25-16-19-9-5-3-6-10-19/h3-12,15H,13-14,16H2,1-2H3. The van der Waals surface area contributed by atoms with Crippen molar-refractivity contribution in [1.29, 1.82) is 0 Å². The number of hydrogen-bond acceptors (Lipinski definition) is 2. The first-order valence-corrected chi connectivity index (χ1v) is 8.55. The lowest BCUT2D eigenvalue weighted by molar-refractivity contribution is 0.103. The van der Waals surface area contributed by atoms with Crippen LogP contribution in [0.3, 0.4) is 0 Å². The van der Waals surface area contributed by atoms with Gasteiger partial charge in [0.25, 0.3) is 0 Å². The van der Waals surface area contributed by atoms with Gasteiger partial charge in [-0.3, -0.25) is 4.79 Å². The van der Waals surface area contributed by atoms with E-state index in [0.29, 0.717) is 13.2 Å². The van der Waals surface area contributed by atoms with E-state index < -0.39 is 0 Å². The number of benzene rings is 2. The summed E-state index contributed by atoms with van der Waals surface area (Å²) in [4.78, 5) is 12.7. The third-order valence-corrected chi connectivity index (χ3v) is 4.43. The third-order valence-electron chi connectivity index (χ3n) is 4.43. The van der Waals surface area contributed by atoms with Crippen molar-refractivity contribution in [2.24, 2.45) is 0 Å². The first-order chi connectivity index (χ1) is 12.2. The van der Waals surface area contributed by atoms with Crippen LogP contribution < -0.4 is 0 Å². The van der Waals surface area contributed by atoms with Gasteiger partial charge in [0.2, 0.25) is 0 Å². The zero-order valence-corrected chi connectivity index (χ0v) is 14.7. The van der Waals surface area contributed by atoms with Gasteiger partial charge in [0.05, 0.1) is 13.2 Å². The molecule has 25 heavy (non-hydrogen) atoms. The van der Waals surface area contributed by atoms with Gasteiger partial charge in [-0.15, -0.1) is 0 Å². The molecule has 0 fully saturated rings. The Labute approximate surface area is 148 Å². The van der Waals surface area contributed by atoms with E-state index in [1.807, 2.05) is 68.4 Å². The number of aromatic nitrogens is 1. The van der Waals surface area contributed by atoms with Crippen molar-refractivity contribution >= 4 is 5.78 Å². The minimum atomic E-state index is 0.0742. The van der Waals surface area contributed by atoms with E-state index >= 15 is 0 Å². The fraction of sp³-hybridized carbons (Fsp3) is 0.227. The van der Waals surface area contributed by atoms with E-state index in [0.717, 1.165) is 29.1 Å². The Morgan fingerprint density at radius 1 is 0.960 bits per heavy atom. The number of rotatable bonds is 7. The molecule has 0 saturated heterocycles. The largest absolute Gasteiger partial charge is 0.375 e. The van der Waals surface area contributed by atoms with Gasteiger partial charge < -0.3 is 9.30 Å². The molecule has 2 aromatic carbocycles. The Bertz CT molecular complexity index is 835. The number of ether oxygens (including phenoxy) is 1. The van der Waals surface area contributed by atoms with Crippen LogP contribution in [-0.4, -0.2) is 17.0 Å². The first-order valence-electron chi connectivity index (χ1n) is 8.55. The fourth-order valence-corrected chi connectivity index (χ4v) is 3.04. The summed E-state index contributed by atoms with van der Waals surface area (Å²) < 4.78 is 7.94. The number of carbonyl (C=O) groups excluding carboxylic acids is 1. The molecule has 0 atom stereocenters. The van der Waals surface area contributed by atoms with Gasteiger partial charge in [-0.2, -0.15) is 0 Å². The van der Waals surface area contributed by atoms with Crippen LogP contribution >= 0.6 is 0 Å². The Kier molecular flexibility index (Phi) is 5.46. The summed E-state index contributed by atoms with van der Waals surface area (Å²) in [5.74, 6) is 0.0742. The second-order valence-electron chi connectivity index (χ2n) is 6.17. The molecule has 128 valence electrons. The molecule has 1 aromatic heterocycles. The minimum Gasteiger partial charge on any atom is -0.375 e. The van der Waals surface area contributed by atoms with E-state index in [1.54, 1.807) is 0 Å². The van der Waals surface area contributed by atoms with Gasteiger partial charge in [-0.25, -0.2) is 0 Å². The van der Waals surface area contributed by atoms with Gasteiger partial charge in [0.1, 0.15) is 0 Å². The normalized spacial score (nSPS) is 10.8. The summed E-state index contributed by atoms with van der Waals surface area (Å²) in [6.45, 7) is 6.00. The van der Waals surface area contributed by atoms with Crippen molar-refractivity contribution in [2.45, 2.75) is 27.0 Å². The molecule has 3 nitrogen and oxygen atoms in total. The van der Waals surface area contributed by atoms with E-state index in [4.69, 9.17) is 4.74 Å². The van der Waals surface area contributed by atoms with Gasteiger partial charge >= 0.3 is 0 Å². The lowest BCUT2D eigenvalue weighted by Crippen LogP contribution is -2.10. The molecule has 0 spiro atoms. The van der Waals surface area contributed by atoms with E-state index in [-0.39, 0.29) is 5.78 Å². The molecule has 3 aromatic rings. The Morgan fingerprint density at radius 2 is 1.60 bits per heavy atom. The van der Waals surface area contributed by atoms with Crippen LogP contribution in [0, 0.1) is 13.8 Å². The molecule has 1 heterocycles. The monoisotopic (exact) mass is 333 g/mol. The molecule has 0 bridgehead atoms. The predicted molar refractivity (Wildman–Crippen MR) is 99.9 cm³/mol. The van der Waals surface area contributed by atoms with Crippen molar-refractivity contribution in [3.63, 3.8) is 0 Å². The first kappa shape index (κ1) is 17.2. The number of carbonyl (C=O) groups is 1. The van der Waals surface area contributed by atoms with Crippen LogP contribution in [0.1, 0.15) is 32.9 Å². The van der Waals surface area contributed by atoms with E-state index in [2.05, 4.69) is 16.7 Å². The highest BCUT2D eigenvalue weighted by Gasteiger charge is 2.16. The number of aryl methyl sites for hydroxylation is 1. The molecule has 0 aliphatic carbocycles. The number of nitrogens with zero attached hydrogens (tertiary/aromatic N) is 1. The number of hydrogen-bond donors (Lipinski definition) is 0. The van der Waals surface area contributed by atoms with Crippen LogP contribution in [0.5, 0.6) is 0 Å². The van der Waals surface area contributed by atoms with E-state index in [9.17, 15) is 4.79 Å². The second-order valence-corrected chi connectivity index (χ2v) is 6.17. The van der Waals surface area contributed by atoms with E-state index in [1.165, 1.54) is 5.56 Å². The molecule has 3 heteroatoms. The topological polar surface area (TPSA) is 31.2 Å². The highest BCUT2D eigenvalue weighted by molar-refractivity contribution is 6.09. The molecule has 0 N–H and O–H groups in total. The third kappa shape index (κ3) is 4.06. The molecule has 0 aliphatic rings. The van der Waals surface area contributed by atoms with Gasteiger partial charge in [-0.1, -0.05) is 60.7 Å². The van der Waals surface area contributed by atoms with Crippen LogP contribution in [-0.2, 0) is 17.9 Å². The molecule has 0 amide bonds. The Balaban J connectivity index is 1.65. The van der Waals surface area contributed by atoms with Gasteiger partial charge in [0, 0.05) is 29.1 Å². The Hall–Kier alpha value is -2.65. The van der Waals surface area contributed by atoms with Crippen LogP contribution in [0.15, 0.2) is 66.7 Å². The summed E-state index contributed by atoms with van der Waals surface area (Å²) in [5.41, 5.74) is 4.74. The highest BCUT2D eigenvalue weighted by atomic mass is 16.5. The Morgan fingerprint density at radius 3 is 2.28 bits per heavy atom. The lowest BCUT2D eigenvalue weighted by Gasteiger charge is -2.10. The fourth-order valence-electron chi connectivity index (χ4n) is 3.04. The minimum absolute atomic E-state index is 0.0742. The molecule has 0 unspecified atom stereocenters. The lowest BCUT2D eigenvalue weighted by atomic mass is 10.0. The van der Waals surface area contributed by atoms with Crippen molar-refractivity contribution in [3.8, 4) is 0 Å². The summed E-state index contributed by atoms with van der Waals surface area (Å²) >= 11 is 0. The predicted octanol–water partition coefficient (Wildman–Crippen LogP) is 4.55. The quantitative estimate of drug-likeness (QED) is 0.469. The van der Waals surface area contributed by atoms with Crippen molar-refractivity contribution in [2.75, 3.05) is 6.61 Å². The SMILES string of the molecule is Cc1cc(C(=O)c2ccccc2)c(C)n1CCOCc1ccccc1. The average Bonchev–Trinajstić information content (AvgIpc) is 2.94. The summed E-state index contributed by atoms with van der Waals surface area (Å²) in [6, 6.07) is 21.5. The molecular weight excluding hydrogens is 310 g/mol. The second kappa shape index (κ2) is 7.95. The maximum absolute atomic E-state index is 12.7. The molecule has 0 radical (unpaired) electrons. The summed E-state index contributed by atoms with van der Waals surface area (Å²) in [5, 5.41) is 0.